The van der Waals surface area contributed by atoms with Crippen LogP contribution in [-0.2, 0) is 11.3 Å². The smallest absolute Gasteiger partial charge is 0.175 e. The van der Waals surface area contributed by atoms with Crippen LogP contribution in [0.4, 0.5) is 0 Å². The molecular weight excluding hydrogens is 322 g/mol. The largest absolute Gasteiger partial charge is 0.493 e. The van der Waals surface area contributed by atoms with Gasteiger partial charge in [-0.3, -0.25) is 0 Å². The van der Waals surface area contributed by atoms with E-state index in [1.807, 2.05) is 18.2 Å². The molecule has 0 saturated carbocycles. The van der Waals surface area contributed by atoms with Crippen molar-refractivity contribution in [2.24, 2.45) is 0 Å². The van der Waals surface area contributed by atoms with E-state index in [4.69, 9.17) is 14.2 Å². The number of ether oxygens (including phenoxy) is 3. The van der Waals surface area contributed by atoms with Gasteiger partial charge in [-0.25, -0.2) is 0 Å². The third-order valence-corrected chi connectivity index (χ3v) is 3.26. The van der Waals surface area contributed by atoms with Crippen molar-refractivity contribution in [2.45, 2.75) is 13.0 Å². The summed E-state index contributed by atoms with van der Waals surface area (Å²) in [6.07, 6.45) is 2.63. The second-order valence-electron chi connectivity index (χ2n) is 4.20. The molecule has 0 bridgehead atoms. The lowest BCUT2D eigenvalue weighted by atomic mass is 10.2. The monoisotopic (exact) mass is 343 g/mol. The summed E-state index contributed by atoms with van der Waals surface area (Å²) < 4.78 is 17.0. The van der Waals surface area contributed by atoms with E-state index in [9.17, 15) is 0 Å². The highest BCUT2D eigenvalue weighted by Crippen LogP contribution is 2.36. The summed E-state index contributed by atoms with van der Waals surface area (Å²) in [6.45, 7) is 6.53. The van der Waals surface area contributed by atoms with Crippen molar-refractivity contribution in [1.29, 1.82) is 0 Å². The molecule has 0 radical (unpaired) electrons. The van der Waals surface area contributed by atoms with Crippen LogP contribution in [-0.4, -0.2) is 34.0 Å². The average Bonchev–Trinajstić information content (AvgIpc) is 2.45. The van der Waals surface area contributed by atoms with Gasteiger partial charge in [-0.2, -0.15) is 0 Å². The van der Waals surface area contributed by atoms with Crippen LogP contribution in [0.25, 0.3) is 0 Å². The van der Waals surface area contributed by atoms with Crippen LogP contribution in [0, 0.1) is 0 Å². The molecule has 0 aliphatic heterocycles. The Labute approximate surface area is 129 Å². The minimum Gasteiger partial charge on any atom is -0.493 e. The number of benzene rings is 1. The van der Waals surface area contributed by atoms with E-state index in [1.54, 1.807) is 14.2 Å². The molecule has 0 unspecified atom stereocenters. The topological polar surface area (TPSA) is 39.7 Å². The van der Waals surface area contributed by atoms with Gasteiger partial charge in [-0.15, -0.1) is 6.58 Å². The predicted molar refractivity (Wildman–Crippen MR) is 84.6 cm³/mol. The van der Waals surface area contributed by atoms with Crippen molar-refractivity contribution in [3.05, 3.63) is 34.8 Å². The Hall–Kier alpha value is -1.04. The molecule has 0 amide bonds. The highest BCUT2D eigenvalue weighted by atomic mass is 79.9. The first kappa shape index (κ1) is 17.0. The summed E-state index contributed by atoms with van der Waals surface area (Å²) in [5.41, 5.74) is 1.13. The zero-order valence-electron chi connectivity index (χ0n) is 12.1. The fourth-order valence-electron chi connectivity index (χ4n) is 1.67. The Kier molecular flexibility index (Phi) is 8.34. The molecule has 0 aliphatic rings. The van der Waals surface area contributed by atoms with Gasteiger partial charge in [0.05, 0.1) is 24.8 Å². The number of hydrogen-bond acceptors (Lipinski definition) is 4. The molecular formula is C15H22BrNO3. The van der Waals surface area contributed by atoms with E-state index in [0.29, 0.717) is 13.2 Å². The van der Waals surface area contributed by atoms with Gasteiger partial charge in [-0.1, -0.05) is 6.08 Å². The minimum absolute atomic E-state index is 0.587. The summed E-state index contributed by atoms with van der Waals surface area (Å²) in [5, 5.41) is 3.30. The molecule has 0 spiro atoms. The molecule has 1 rings (SSSR count). The van der Waals surface area contributed by atoms with Gasteiger partial charge < -0.3 is 19.5 Å². The van der Waals surface area contributed by atoms with Crippen molar-refractivity contribution in [3.63, 3.8) is 0 Å². The first-order valence-electron chi connectivity index (χ1n) is 6.52. The Morgan fingerprint density at radius 1 is 1.30 bits per heavy atom. The van der Waals surface area contributed by atoms with Crippen LogP contribution in [0.2, 0.25) is 0 Å². The lowest BCUT2D eigenvalue weighted by Gasteiger charge is -2.14. The quantitative estimate of drug-likeness (QED) is 0.523. The second-order valence-corrected chi connectivity index (χ2v) is 5.06. The summed E-state index contributed by atoms with van der Waals surface area (Å²) in [4.78, 5) is 0. The Morgan fingerprint density at radius 3 is 2.75 bits per heavy atom. The zero-order valence-corrected chi connectivity index (χ0v) is 13.7. The van der Waals surface area contributed by atoms with Gasteiger partial charge >= 0.3 is 0 Å². The number of methoxy groups -OCH3 is 2. The van der Waals surface area contributed by atoms with Gasteiger partial charge in [0.15, 0.2) is 11.5 Å². The van der Waals surface area contributed by atoms with Crippen molar-refractivity contribution >= 4 is 15.9 Å². The SMILES string of the molecule is C=CCCOc1c(Br)cc(CNCCOC)cc1OC. The molecule has 1 aromatic rings. The van der Waals surface area contributed by atoms with Crippen LogP contribution >= 0.6 is 15.9 Å². The fourth-order valence-corrected chi connectivity index (χ4v) is 2.27. The molecule has 0 heterocycles. The molecule has 1 N–H and O–H groups in total. The molecule has 0 fully saturated rings. The van der Waals surface area contributed by atoms with Crippen LogP contribution in [0.5, 0.6) is 11.5 Å². The number of nitrogens with one attached hydrogen (secondary N) is 1. The Bertz CT molecular complexity index is 424. The van der Waals surface area contributed by atoms with E-state index in [1.165, 1.54) is 0 Å². The summed E-state index contributed by atoms with van der Waals surface area (Å²) in [6, 6.07) is 4.01. The third-order valence-electron chi connectivity index (χ3n) is 2.67. The molecule has 0 aromatic heterocycles. The summed E-state index contributed by atoms with van der Waals surface area (Å²) in [5.74, 6) is 1.46. The van der Waals surface area contributed by atoms with Crippen molar-refractivity contribution in [1.82, 2.24) is 5.32 Å². The molecule has 112 valence electrons. The number of hydrogen-bond donors (Lipinski definition) is 1. The van der Waals surface area contributed by atoms with Gasteiger partial charge in [0.2, 0.25) is 0 Å². The van der Waals surface area contributed by atoms with Gasteiger partial charge in [-0.05, 0) is 40.0 Å². The van der Waals surface area contributed by atoms with Crippen molar-refractivity contribution in [3.8, 4) is 11.5 Å². The van der Waals surface area contributed by atoms with Gasteiger partial charge in [0, 0.05) is 20.2 Å². The average molecular weight is 344 g/mol. The maximum absolute atomic E-state index is 5.71. The van der Waals surface area contributed by atoms with Crippen LogP contribution in [0.15, 0.2) is 29.3 Å². The summed E-state index contributed by atoms with van der Waals surface area (Å²) >= 11 is 3.53. The van der Waals surface area contributed by atoms with E-state index in [0.717, 1.165) is 41.0 Å². The second kappa shape index (κ2) is 9.80. The molecule has 20 heavy (non-hydrogen) atoms. The van der Waals surface area contributed by atoms with Gasteiger partial charge in [0.25, 0.3) is 0 Å². The maximum Gasteiger partial charge on any atom is 0.175 e. The van der Waals surface area contributed by atoms with E-state index in [-0.39, 0.29) is 0 Å². The van der Waals surface area contributed by atoms with Crippen LogP contribution in [0.3, 0.4) is 0 Å². The number of halogens is 1. The lowest BCUT2D eigenvalue weighted by Crippen LogP contribution is -2.18. The van der Waals surface area contributed by atoms with Gasteiger partial charge in [0.1, 0.15) is 0 Å². The predicted octanol–water partition coefficient (Wildman–Crippen LogP) is 3.15. The molecule has 5 heteroatoms. The normalized spacial score (nSPS) is 10.3. The summed E-state index contributed by atoms with van der Waals surface area (Å²) in [7, 11) is 3.33. The zero-order chi connectivity index (χ0) is 14.8. The standard InChI is InChI=1S/C15H22BrNO3/c1-4-5-7-20-15-13(16)9-12(10-14(15)19-3)11-17-6-8-18-2/h4,9-10,17H,1,5-8,11H2,2-3H3. The van der Waals surface area contributed by atoms with E-state index in [2.05, 4.69) is 27.8 Å². The minimum atomic E-state index is 0.587. The van der Waals surface area contributed by atoms with Crippen LogP contribution < -0.4 is 14.8 Å². The lowest BCUT2D eigenvalue weighted by molar-refractivity contribution is 0.199. The molecule has 4 nitrogen and oxygen atoms in total. The fraction of sp³-hybridized carbons (Fsp3) is 0.467. The third kappa shape index (κ3) is 5.53. The molecule has 0 aliphatic carbocycles. The highest BCUT2D eigenvalue weighted by molar-refractivity contribution is 9.10. The maximum atomic E-state index is 5.71. The first-order valence-corrected chi connectivity index (χ1v) is 7.32. The Morgan fingerprint density at radius 2 is 2.10 bits per heavy atom. The van der Waals surface area contributed by atoms with Crippen molar-refractivity contribution < 1.29 is 14.2 Å². The highest BCUT2D eigenvalue weighted by Gasteiger charge is 2.11. The Balaban J connectivity index is 2.70. The molecule has 0 atom stereocenters. The molecule has 0 saturated heterocycles. The van der Waals surface area contributed by atoms with E-state index >= 15 is 0 Å². The molecule has 1 aromatic carbocycles. The number of rotatable bonds is 10. The van der Waals surface area contributed by atoms with Crippen LogP contribution in [0.1, 0.15) is 12.0 Å². The van der Waals surface area contributed by atoms with Crippen molar-refractivity contribution in [2.75, 3.05) is 34.0 Å². The first-order chi connectivity index (χ1) is 9.72. The van der Waals surface area contributed by atoms with E-state index < -0.39 is 0 Å².